The maximum atomic E-state index is 9.47. The summed E-state index contributed by atoms with van der Waals surface area (Å²) in [6, 6.07) is 5.80. The Morgan fingerprint density at radius 1 is 1.30 bits per heavy atom. The second-order valence-corrected chi connectivity index (χ2v) is 5.45. The van der Waals surface area contributed by atoms with Gasteiger partial charge in [-0.25, -0.2) is 19.9 Å². The van der Waals surface area contributed by atoms with Crippen LogP contribution in [0.25, 0.3) is 11.5 Å². The molecule has 2 aromatic rings. The minimum Gasteiger partial charge on any atom is -0.384 e. The van der Waals surface area contributed by atoms with Crippen LogP contribution in [-0.2, 0) is 4.74 Å². The van der Waals surface area contributed by atoms with Crippen molar-refractivity contribution in [1.82, 2.24) is 19.9 Å². The van der Waals surface area contributed by atoms with Crippen molar-refractivity contribution in [2.45, 2.75) is 12.8 Å². The molecule has 8 nitrogen and oxygen atoms in total. The predicted octanol–water partition coefficient (Wildman–Crippen LogP) is 1.25. The van der Waals surface area contributed by atoms with Crippen LogP contribution in [-0.4, -0.2) is 39.7 Å². The lowest BCUT2D eigenvalue weighted by atomic mass is 9.82. The van der Waals surface area contributed by atoms with E-state index in [1.807, 2.05) is 0 Å². The van der Waals surface area contributed by atoms with E-state index in [1.165, 1.54) is 6.33 Å². The highest BCUT2D eigenvalue weighted by molar-refractivity contribution is 5.55. The second-order valence-electron chi connectivity index (χ2n) is 5.45. The van der Waals surface area contributed by atoms with Gasteiger partial charge in [0.05, 0.1) is 11.5 Å². The number of anilines is 2. The number of nitrogens with one attached hydrogen (secondary N) is 1. The zero-order valence-electron chi connectivity index (χ0n) is 12.6. The van der Waals surface area contributed by atoms with Crippen molar-refractivity contribution in [2.75, 3.05) is 30.8 Å². The summed E-state index contributed by atoms with van der Waals surface area (Å²) >= 11 is 0. The van der Waals surface area contributed by atoms with Crippen molar-refractivity contribution in [3.05, 3.63) is 24.7 Å². The fraction of sp³-hybridized carbons (Fsp3) is 0.400. The molecule has 1 saturated heterocycles. The topological polar surface area (TPSA) is 123 Å². The molecule has 3 N–H and O–H groups in total. The number of hydrogen-bond donors (Lipinski definition) is 2. The number of nitrogens with two attached hydrogens (primary N) is 1. The lowest BCUT2D eigenvalue weighted by Crippen LogP contribution is -2.34. The molecular formula is C15H17N7O. The molecule has 0 unspecified atom stereocenters. The third-order valence-corrected chi connectivity index (χ3v) is 3.87. The van der Waals surface area contributed by atoms with Gasteiger partial charge in [0.15, 0.2) is 5.82 Å². The Hall–Kier alpha value is -2.79. The van der Waals surface area contributed by atoms with Crippen molar-refractivity contribution >= 4 is 11.6 Å². The molecular weight excluding hydrogens is 294 g/mol. The monoisotopic (exact) mass is 311 g/mol. The Labute approximate surface area is 133 Å². The molecule has 0 bridgehead atoms. The van der Waals surface area contributed by atoms with Crippen molar-refractivity contribution in [3.8, 4) is 17.6 Å². The predicted molar refractivity (Wildman–Crippen MR) is 84.1 cm³/mol. The van der Waals surface area contributed by atoms with Crippen LogP contribution < -0.4 is 11.1 Å². The van der Waals surface area contributed by atoms with E-state index < -0.39 is 5.41 Å². The molecule has 118 valence electrons. The van der Waals surface area contributed by atoms with E-state index in [2.05, 4.69) is 31.3 Å². The number of rotatable bonds is 4. The van der Waals surface area contributed by atoms with E-state index in [1.54, 1.807) is 18.3 Å². The molecule has 3 heterocycles. The van der Waals surface area contributed by atoms with E-state index in [0.29, 0.717) is 42.9 Å². The maximum absolute atomic E-state index is 9.47. The Balaban J connectivity index is 1.74. The summed E-state index contributed by atoms with van der Waals surface area (Å²) in [7, 11) is 0. The summed E-state index contributed by atoms with van der Waals surface area (Å²) in [5, 5.41) is 12.7. The molecule has 0 saturated carbocycles. The minimum atomic E-state index is -0.414. The second kappa shape index (κ2) is 6.54. The molecule has 1 aliphatic rings. The highest BCUT2D eigenvalue weighted by Crippen LogP contribution is 2.29. The number of aromatic nitrogens is 4. The standard InChI is InChI=1S/C15H17N7O/c16-8-15(2-5-23-6-3-15)9-19-13-1-4-18-14(22-13)11-7-12(17)21-10-20-11/h1,4,7,10H,2-3,5-6,9H2,(H2,17,20,21)(H,18,19,22). The summed E-state index contributed by atoms with van der Waals surface area (Å²) in [4.78, 5) is 16.6. The molecule has 1 fully saturated rings. The van der Waals surface area contributed by atoms with Crippen molar-refractivity contribution in [3.63, 3.8) is 0 Å². The van der Waals surface area contributed by atoms with Gasteiger partial charge in [-0.1, -0.05) is 0 Å². The van der Waals surface area contributed by atoms with Gasteiger partial charge in [-0.05, 0) is 18.9 Å². The Kier molecular flexibility index (Phi) is 4.30. The van der Waals surface area contributed by atoms with Crippen LogP contribution in [0.15, 0.2) is 24.7 Å². The maximum Gasteiger partial charge on any atom is 0.180 e. The molecule has 0 amide bonds. The molecule has 0 aromatic carbocycles. The fourth-order valence-electron chi connectivity index (χ4n) is 2.43. The zero-order chi connectivity index (χ0) is 16.1. The molecule has 8 heteroatoms. The third-order valence-electron chi connectivity index (χ3n) is 3.87. The molecule has 1 aliphatic heterocycles. The summed E-state index contributed by atoms with van der Waals surface area (Å²) in [6.07, 6.45) is 4.46. The van der Waals surface area contributed by atoms with Crippen LogP contribution in [0.3, 0.4) is 0 Å². The molecule has 23 heavy (non-hydrogen) atoms. The van der Waals surface area contributed by atoms with Crippen molar-refractivity contribution in [1.29, 1.82) is 5.26 Å². The molecule has 2 aromatic heterocycles. The SMILES string of the molecule is N#CC1(CNc2ccnc(-c3cc(N)ncn3)n2)CCOCC1. The van der Waals surface area contributed by atoms with E-state index in [-0.39, 0.29) is 0 Å². The number of ether oxygens (including phenoxy) is 1. The summed E-state index contributed by atoms with van der Waals surface area (Å²) in [5.41, 5.74) is 5.80. The van der Waals surface area contributed by atoms with E-state index in [0.717, 1.165) is 12.8 Å². The number of nitriles is 1. The Morgan fingerprint density at radius 2 is 2.13 bits per heavy atom. The first kappa shape index (κ1) is 15.1. The van der Waals surface area contributed by atoms with Crippen LogP contribution in [0, 0.1) is 16.7 Å². The average Bonchev–Trinajstić information content (AvgIpc) is 2.61. The lowest BCUT2D eigenvalue weighted by molar-refractivity contribution is 0.0455. The smallest absolute Gasteiger partial charge is 0.180 e. The van der Waals surface area contributed by atoms with Gasteiger partial charge in [-0.3, -0.25) is 0 Å². The van der Waals surface area contributed by atoms with Gasteiger partial charge >= 0.3 is 0 Å². The molecule has 3 rings (SSSR count). The van der Waals surface area contributed by atoms with E-state index in [9.17, 15) is 5.26 Å². The molecule has 0 aliphatic carbocycles. The van der Waals surface area contributed by atoms with Crippen LogP contribution >= 0.6 is 0 Å². The highest BCUT2D eigenvalue weighted by atomic mass is 16.5. The number of nitrogen functional groups attached to an aromatic ring is 1. The van der Waals surface area contributed by atoms with Gasteiger partial charge in [-0.2, -0.15) is 5.26 Å². The first-order valence-corrected chi connectivity index (χ1v) is 7.35. The Bertz CT molecular complexity index is 722. The summed E-state index contributed by atoms with van der Waals surface area (Å²) < 4.78 is 5.34. The van der Waals surface area contributed by atoms with Gasteiger partial charge in [0.25, 0.3) is 0 Å². The zero-order valence-corrected chi connectivity index (χ0v) is 12.6. The number of hydrogen-bond acceptors (Lipinski definition) is 8. The van der Waals surface area contributed by atoms with Gasteiger partial charge in [0.2, 0.25) is 0 Å². The first-order valence-electron chi connectivity index (χ1n) is 7.35. The van der Waals surface area contributed by atoms with Crippen LogP contribution in [0.4, 0.5) is 11.6 Å². The largest absolute Gasteiger partial charge is 0.384 e. The van der Waals surface area contributed by atoms with Crippen LogP contribution in [0.1, 0.15) is 12.8 Å². The fourth-order valence-corrected chi connectivity index (χ4v) is 2.43. The first-order chi connectivity index (χ1) is 11.2. The highest BCUT2D eigenvalue weighted by Gasteiger charge is 2.32. The summed E-state index contributed by atoms with van der Waals surface area (Å²) in [5.74, 6) is 1.47. The van der Waals surface area contributed by atoms with Crippen molar-refractivity contribution < 1.29 is 4.74 Å². The average molecular weight is 311 g/mol. The van der Waals surface area contributed by atoms with Gasteiger partial charge < -0.3 is 15.8 Å². The quantitative estimate of drug-likeness (QED) is 0.864. The van der Waals surface area contributed by atoms with Gasteiger partial charge in [0, 0.05) is 32.0 Å². The Morgan fingerprint density at radius 3 is 2.87 bits per heavy atom. The van der Waals surface area contributed by atoms with E-state index >= 15 is 0 Å². The normalized spacial score (nSPS) is 16.5. The van der Waals surface area contributed by atoms with Gasteiger partial charge in [0.1, 0.15) is 23.7 Å². The van der Waals surface area contributed by atoms with Crippen LogP contribution in [0.5, 0.6) is 0 Å². The van der Waals surface area contributed by atoms with E-state index in [4.69, 9.17) is 10.5 Å². The number of nitrogens with zero attached hydrogens (tertiary/aromatic N) is 5. The lowest BCUT2D eigenvalue weighted by Gasteiger charge is -2.30. The minimum absolute atomic E-state index is 0.364. The molecule has 0 spiro atoms. The molecule has 0 atom stereocenters. The third kappa shape index (κ3) is 3.52. The van der Waals surface area contributed by atoms with Crippen molar-refractivity contribution in [2.24, 2.45) is 5.41 Å². The molecule has 0 radical (unpaired) electrons. The summed E-state index contributed by atoms with van der Waals surface area (Å²) in [6.45, 7) is 1.75. The van der Waals surface area contributed by atoms with Crippen LogP contribution in [0.2, 0.25) is 0 Å². The van der Waals surface area contributed by atoms with Gasteiger partial charge in [-0.15, -0.1) is 0 Å².